The average Bonchev–Trinajstić information content (AvgIpc) is 2.53. The lowest BCUT2D eigenvalue weighted by molar-refractivity contribution is -0.119. The summed E-state index contributed by atoms with van der Waals surface area (Å²) >= 11 is 0. The molecule has 0 spiro atoms. The molecule has 1 aromatic carbocycles. The Hall–Kier alpha value is -2.89. The van der Waals surface area contributed by atoms with Gasteiger partial charge in [-0.2, -0.15) is 4.99 Å². The SMILES string of the molecule is COc1cccc(CC(C(=O)N=C(N)N)c2cccnc2)c1. The second-order valence-corrected chi connectivity index (χ2v) is 4.77. The van der Waals surface area contributed by atoms with Gasteiger partial charge in [0.05, 0.1) is 13.0 Å². The molecule has 1 atom stereocenters. The van der Waals surface area contributed by atoms with Crippen LogP contribution in [0.3, 0.4) is 0 Å². The lowest BCUT2D eigenvalue weighted by Gasteiger charge is -2.14. The number of aliphatic imine (C=N–C) groups is 1. The molecule has 0 aliphatic heterocycles. The van der Waals surface area contributed by atoms with Crippen molar-refractivity contribution in [2.24, 2.45) is 16.5 Å². The fraction of sp³-hybridized carbons (Fsp3) is 0.188. The van der Waals surface area contributed by atoms with Gasteiger partial charge in [0.2, 0.25) is 0 Å². The molecule has 1 aromatic heterocycles. The van der Waals surface area contributed by atoms with Crippen LogP contribution < -0.4 is 16.2 Å². The second kappa shape index (κ2) is 7.21. The van der Waals surface area contributed by atoms with Crippen LogP contribution in [-0.2, 0) is 11.2 Å². The van der Waals surface area contributed by atoms with Crippen LogP contribution in [-0.4, -0.2) is 24.0 Å². The molecule has 114 valence electrons. The normalized spacial score (nSPS) is 11.5. The number of hydrogen-bond donors (Lipinski definition) is 2. The Bertz CT molecular complexity index is 667. The number of hydrogen-bond acceptors (Lipinski definition) is 3. The molecule has 0 radical (unpaired) electrons. The Balaban J connectivity index is 2.32. The zero-order valence-electron chi connectivity index (χ0n) is 12.3. The third kappa shape index (κ3) is 4.05. The van der Waals surface area contributed by atoms with Crippen molar-refractivity contribution in [3.8, 4) is 5.75 Å². The first-order chi connectivity index (χ1) is 10.6. The van der Waals surface area contributed by atoms with Crippen molar-refractivity contribution in [2.75, 3.05) is 7.11 Å². The van der Waals surface area contributed by atoms with Gasteiger partial charge < -0.3 is 16.2 Å². The minimum Gasteiger partial charge on any atom is -0.497 e. The minimum atomic E-state index is -0.497. The van der Waals surface area contributed by atoms with Gasteiger partial charge in [-0.25, -0.2) is 0 Å². The predicted octanol–water partition coefficient (Wildman–Crippen LogP) is 1.22. The highest BCUT2D eigenvalue weighted by atomic mass is 16.5. The number of carbonyl (C=O) groups is 1. The van der Waals surface area contributed by atoms with Crippen LogP contribution in [0.5, 0.6) is 5.75 Å². The molecule has 22 heavy (non-hydrogen) atoms. The van der Waals surface area contributed by atoms with Gasteiger partial charge in [-0.1, -0.05) is 18.2 Å². The number of pyridine rings is 1. The number of nitrogens with zero attached hydrogens (tertiary/aromatic N) is 2. The van der Waals surface area contributed by atoms with Crippen molar-refractivity contribution in [2.45, 2.75) is 12.3 Å². The summed E-state index contributed by atoms with van der Waals surface area (Å²) in [6.07, 6.45) is 3.75. The lowest BCUT2D eigenvalue weighted by atomic mass is 9.92. The van der Waals surface area contributed by atoms with Crippen molar-refractivity contribution >= 4 is 11.9 Å². The summed E-state index contributed by atoms with van der Waals surface area (Å²) in [7, 11) is 1.60. The van der Waals surface area contributed by atoms with E-state index in [1.54, 1.807) is 25.6 Å². The van der Waals surface area contributed by atoms with E-state index in [1.807, 2.05) is 30.3 Å². The molecule has 2 aromatic rings. The Morgan fingerprint density at radius 2 is 2.14 bits per heavy atom. The van der Waals surface area contributed by atoms with E-state index in [1.165, 1.54) is 0 Å². The van der Waals surface area contributed by atoms with E-state index in [0.29, 0.717) is 6.42 Å². The van der Waals surface area contributed by atoms with Gasteiger partial charge in [0.15, 0.2) is 5.96 Å². The Morgan fingerprint density at radius 3 is 2.77 bits per heavy atom. The van der Waals surface area contributed by atoms with Gasteiger partial charge in [0, 0.05) is 12.4 Å². The molecule has 1 amide bonds. The van der Waals surface area contributed by atoms with Crippen LogP contribution in [0.4, 0.5) is 0 Å². The Labute approximate surface area is 128 Å². The van der Waals surface area contributed by atoms with E-state index < -0.39 is 11.8 Å². The summed E-state index contributed by atoms with van der Waals surface area (Å²) in [6.45, 7) is 0. The first-order valence-electron chi connectivity index (χ1n) is 6.76. The monoisotopic (exact) mass is 298 g/mol. The molecular formula is C16H18N4O2. The topological polar surface area (TPSA) is 104 Å². The maximum absolute atomic E-state index is 12.3. The summed E-state index contributed by atoms with van der Waals surface area (Å²) in [5, 5.41) is 0. The number of methoxy groups -OCH3 is 1. The van der Waals surface area contributed by atoms with Crippen LogP contribution in [0, 0.1) is 0 Å². The van der Waals surface area contributed by atoms with E-state index in [2.05, 4.69) is 9.98 Å². The molecular weight excluding hydrogens is 280 g/mol. The maximum atomic E-state index is 12.3. The van der Waals surface area contributed by atoms with Crippen molar-refractivity contribution in [3.63, 3.8) is 0 Å². The van der Waals surface area contributed by atoms with E-state index in [4.69, 9.17) is 16.2 Å². The highest BCUT2D eigenvalue weighted by Gasteiger charge is 2.21. The smallest absolute Gasteiger partial charge is 0.256 e. The van der Waals surface area contributed by atoms with Gasteiger partial charge in [-0.05, 0) is 35.7 Å². The number of rotatable bonds is 5. The summed E-state index contributed by atoms with van der Waals surface area (Å²) < 4.78 is 5.20. The summed E-state index contributed by atoms with van der Waals surface area (Å²) in [6, 6.07) is 11.1. The maximum Gasteiger partial charge on any atom is 0.256 e. The fourth-order valence-corrected chi connectivity index (χ4v) is 2.17. The summed E-state index contributed by atoms with van der Waals surface area (Å²) in [4.78, 5) is 20.0. The number of aromatic nitrogens is 1. The largest absolute Gasteiger partial charge is 0.497 e. The highest BCUT2D eigenvalue weighted by Crippen LogP contribution is 2.24. The number of amides is 1. The minimum absolute atomic E-state index is 0.246. The standard InChI is InChI=1S/C16H18N4O2/c1-22-13-6-2-4-11(8-13)9-14(15(21)20-16(17)18)12-5-3-7-19-10-12/h2-8,10,14H,9H2,1H3,(H4,17,18,20,21). The van der Waals surface area contributed by atoms with Crippen molar-refractivity contribution in [1.29, 1.82) is 0 Å². The number of carbonyl (C=O) groups excluding carboxylic acids is 1. The van der Waals surface area contributed by atoms with E-state index in [-0.39, 0.29) is 5.96 Å². The number of benzene rings is 1. The first kappa shape index (κ1) is 15.5. The van der Waals surface area contributed by atoms with Gasteiger partial charge in [0.1, 0.15) is 5.75 Å². The van der Waals surface area contributed by atoms with E-state index in [0.717, 1.165) is 16.9 Å². The molecule has 6 nitrogen and oxygen atoms in total. The van der Waals surface area contributed by atoms with Crippen LogP contribution in [0.1, 0.15) is 17.0 Å². The van der Waals surface area contributed by atoms with Crippen molar-refractivity contribution < 1.29 is 9.53 Å². The number of ether oxygens (including phenoxy) is 1. The van der Waals surface area contributed by atoms with Gasteiger partial charge >= 0.3 is 0 Å². The average molecular weight is 298 g/mol. The van der Waals surface area contributed by atoms with E-state index in [9.17, 15) is 4.79 Å². The second-order valence-electron chi connectivity index (χ2n) is 4.77. The molecule has 0 aliphatic carbocycles. The van der Waals surface area contributed by atoms with Crippen molar-refractivity contribution in [1.82, 2.24) is 4.98 Å². The molecule has 0 saturated carbocycles. The first-order valence-corrected chi connectivity index (χ1v) is 6.76. The summed E-state index contributed by atoms with van der Waals surface area (Å²) in [5.74, 6) is -0.403. The molecule has 0 saturated heterocycles. The third-order valence-corrected chi connectivity index (χ3v) is 3.20. The fourth-order valence-electron chi connectivity index (χ4n) is 2.17. The molecule has 1 heterocycles. The van der Waals surface area contributed by atoms with Gasteiger partial charge in [-0.3, -0.25) is 9.78 Å². The molecule has 4 N–H and O–H groups in total. The van der Waals surface area contributed by atoms with Crippen LogP contribution in [0.25, 0.3) is 0 Å². The Kier molecular flexibility index (Phi) is 5.08. The van der Waals surface area contributed by atoms with Gasteiger partial charge in [0.25, 0.3) is 5.91 Å². The zero-order valence-corrected chi connectivity index (χ0v) is 12.3. The molecule has 1 unspecified atom stereocenters. The molecule has 0 aliphatic rings. The lowest BCUT2D eigenvalue weighted by Crippen LogP contribution is -2.26. The molecule has 0 bridgehead atoms. The third-order valence-electron chi connectivity index (χ3n) is 3.20. The molecule has 2 rings (SSSR count). The number of nitrogens with two attached hydrogens (primary N) is 2. The van der Waals surface area contributed by atoms with Crippen molar-refractivity contribution in [3.05, 3.63) is 59.9 Å². The van der Waals surface area contributed by atoms with E-state index >= 15 is 0 Å². The predicted molar refractivity (Wildman–Crippen MR) is 84.5 cm³/mol. The molecule has 6 heteroatoms. The quantitative estimate of drug-likeness (QED) is 0.638. The highest BCUT2D eigenvalue weighted by molar-refractivity contribution is 5.95. The van der Waals surface area contributed by atoms with Crippen LogP contribution in [0.15, 0.2) is 53.8 Å². The van der Waals surface area contributed by atoms with Gasteiger partial charge in [-0.15, -0.1) is 0 Å². The summed E-state index contributed by atoms with van der Waals surface area (Å²) in [5.41, 5.74) is 12.4. The van der Waals surface area contributed by atoms with Crippen LogP contribution >= 0.6 is 0 Å². The molecule has 0 fully saturated rings. The zero-order chi connectivity index (χ0) is 15.9. The Morgan fingerprint density at radius 1 is 1.32 bits per heavy atom. The van der Waals surface area contributed by atoms with Crippen LogP contribution in [0.2, 0.25) is 0 Å². The number of guanidine groups is 1.